The van der Waals surface area contributed by atoms with Crippen LogP contribution in [-0.4, -0.2) is 97.4 Å². The number of ketones is 1. The topological polar surface area (TPSA) is 173 Å². The number of carbonyl (C=O) groups excluding carboxylic acids is 4. The van der Waals surface area contributed by atoms with Crippen molar-refractivity contribution in [1.82, 2.24) is 20.5 Å². The first-order chi connectivity index (χ1) is 27.7. The highest BCUT2D eigenvalue weighted by Crippen LogP contribution is 2.35. The Morgan fingerprint density at radius 1 is 0.912 bits per heavy atom. The van der Waals surface area contributed by atoms with Gasteiger partial charge >= 0.3 is 0 Å². The summed E-state index contributed by atoms with van der Waals surface area (Å²) in [5, 5.41) is 23.4. The van der Waals surface area contributed by atoms with Gasteiger partial charge in [0, 0.05) is 81.8 Å². The summed E-state index contributed by atoms with van der Waals surface area (Å²) < 4.78 is 6.09. The summed E-state index contributed by atoms with van der Waals surface area (Å²) >= 11 is 6.15. The molecule has 4 aliphatic heterocycles. The summed E-state index contributed by atoms with van der Waals surface area (Å²) in [6.45, 7) is 6.43. The third kappa shape index (κ3) is 8.79. The van der Waals surface area contributed by atoms with Gasteiger partial charge in [0.05, 0.1) is 33.9 Å². The number of nitrogens with one attached hydrogen (secondary N) is 2. The number of hydrogen-bond donors (Lipinski definition) is 2. The van der Waals surface area contributed by atoms with Gasteiger partial charge in [-0.15, -0.1) is 0 Å². The largest absolute Gasteiger partial charge is 0.490 e. The van der Waals surface area contributed by atoms with Crippen molar-refractivity contribution < 1.29 is 23.9 Å². The molecule has 1 aromatic heterocycles. The number of piperidine rings is 2. The van der Waals surface area contributed by atoms with Crippen LogP contribution in [0.3, 0.4) is 0 Å². The second kappa shape index (κ2) is 17.0. The average molecular weight is 792 g/mol. The standard InChI is InChI=1S/C42H46ClN9O5/c43-35-22-32(6-1-27(35)23-44)57-31-7-3-29(4-8-31)46-41(55)28-2-11-37(45-24-28)52-15-13-26(14-16-52)25-50-17-19-51(20-18-50)30-5-10-36-34(21-30)40(54)39(49-48-36)33-9-12-38(53)47-42(33)56/h1-2,5-6,10-11,21-22,24,26,29,31,33,39H,3-4,7-9,12-20,25H2,(H,46,55)(H,47,53,56)/t29-,31-,33?,39?. The number of Topliss-reactive ketones (excluding diaryl/α,β-unsaturated/α-hetero) is 1. The molecule has 3 aromatic rings. The Balaban J connectivity index is 0.752. The van der Waals surface area contributed by atoms with Crippen LogP contribution in [0.5, 0.6) is 5.75 Å². The van der Waals surface area contributed by atoms with Crippen LogP contribution in [0.4, 0.5) is 17.2 Å². The van der Waals surface area contributed by atoms with E-state index in [1.54, 1.807) is 24.4 Å². The molecule has 296 valence electrons. The molecule has 0 radical (unpaired) electrons. The second-order valence-corrected chi connectivity index (χ2v) is 16.1. The number of ether oxygens (including phenoxy) is 1. The van der Waals surface area contributed by atoms with Crippen LogP contribution in [0.2, 0.25) is 5.02 Å². The van der Waals surface area contributed by atoms with E-state index in [1.807, 2.05) is 30.3 Å². The number of fused-ring (bicyclic) bond motifs is 1. The van der Waals surface area contributed by atoms with Crippen molar-refractivity contribution in [2.45, 2.75) is 69.6 Å². The highest BCUT2D eigenvalue weighted by atomic mass is 35.5. The summed E-state index contributed by atoms with van der Waals surface area (Å²) in [5.74, 6) is 0.354. The van der Waals surface area contributed by atoms with Gasteiger partial charge in [-0.3, -0.25) is 29.4 Å². The van der Waals surface area contributed by atoms with E-state index in [0.29, 0.717) is 45.5 Å². The lowest BCUT2D eigenvalue weighted by Gasteiger charge is -2.40. The summed E-state index contributed by atoms with van der Waals surface area (Å²) in [6, 6.07) is 15.9. The number of hydrogen-bond acceptors (Lipinski definition) is 12. The van der Waals surface area contributed by atoms with Crippen molar-refractivity contribution >= 4 is 52.3 Å². The summed E-state index contributed by atoms with van der Waals surface area (Å²) in [5.41, 5.74) is 2.94. The fraction of sp³-hybridized carbons (Fsp3) is 0.476. The fourth-order valence-corrected chi connectivity index (χ4v) is 8.88. The van der Waals surface area contributed by atoms with Gasteiger partial charge in [-0.1, -0.05) is 11.6 Å². The van der Waals surface area contributed by atoms with Gasteiger partial charge in [-0.2, -0.15) is 15.5 Å². The van der Waals surface area contributed by atoms with E-state index in [-0.39, 0.29) is 36.2 Å². The van der Waals surface area contributed by atoms with Gasteiger partial charge < -0.3 is 19.9 Å². The minimum atomic E-state index is -0.904. The molecule has 1 saturated carbocycles. The number of imide groups is 1. The molecule has 2 aromatic carbocycles. The molecule has 3 amide bonds. The number of nitriles is 1. The molecule has 1 aliphatic carbocycles. The molecule has 5 aliphatic rings. The average Bonchev–Trinajstić information content (AvgIpc) is 3.23. The first kappa shape index (κ1) is 38.5. The number of aromatic nitrogens is 1. The number of anilines is 2. The van der Waals surface area contributed by atoms with Crippen LogP contribution in [0.1, 0.15) is 77.6 Å². The first-order valence-corrected chi connectivity index (χ1v) is 20.4. The molecule has 2 unspecified atom stereocenters. The highest BCUT2D eigenvalue weighted by molar-refractivity contribution is 6.31. The third-order valence-electron chi connectivity index (χ3n) is 12.0. The Morgan fingerprint density at radius 2 is 1.70 bits per heavy atom. The zero-order chi connectivity index (χ0) is 39.5. The fourth-order valence-electron chi connectivity index (χ4n) is 8.67. The first-order valence-electron chi connectivity index (χ1n) is 20.0. The molecule has 15 heteroatoms. The van der Waals surface area contributed by atoms with Crippen LogP contribution in [-0.2, 0) is 9.59 Å². The number of halogens is 1. The lowest BCUT2D eigenvalue weighted by molar-refractivity contribution is -0.136. The Bertz CT molecular complexity index is 2080. The van der Waals surface area contributed by atoms with Crippen LogP contribution in [0.25, 0.3) is 0 Å². The van der Waals surface area contributed by atoms with Crippen LogP contribution in [0.15, 0.2) is 65.0 Å². The molecule has 3 saturated heterocycles. The predicted molar refractivity (Wildman–Crippen MR) is 213 cm³/mol. The summed E-state index contributed by atoms with van der Waals surface area (Å²) in [6.07, 6.45) is 7.62. The maximum absolute atomic E-state index is 13.5. The molecule has 4 fully saturated rings. The van der Waals surface area contributed by atoms with Crippen molar-refractivity contribution in [2.24, 2.45) is 22.1 Å². The number of rotatable bonds is 9. The van der Waals surface area contributed by atoms with E-state index in [0.717, 1.165) is 95.8 Å². The van der Waals surface area contributed by atoms with Crippen molar-refractivity contribution in [2.75, 3.05) is 55.6 Å². The maximum Gasteiger partial charge on any atom is 0.253 e. The minimum Gasteiger partial charge on any atom is -0.490 e. The normalized spacial score (nSPS) is 24.4. The van der Waals surface area contributed by atoms with Gasteiger partial charge in [0.15, 0.2) is 5.78 Å². The number of carbonyl (C=O) groups is 4. The smallest absolute Gasteiger partial charge is 0.253 e. The number of nitrogens with zero attached hydrogens (tertiary/aromatic N) is 7. The number of azo groups is 1. The van der Waals surface area contributed by atoms with Crippen molar-refractivity contribution in [3.8, 4) is 11.8 Å². The molecule has 2 atom stereocenters. The van der Waals surface area contributed by atoms with Crippen molar-refractivity contribution in [1.29, 1.82) is 5.26 Å². The van der Waals surface area contributed by atoms with Crippen LogP contribution >= 0.6 is 11.6 Å². The number of benzene rings is 2. The summed E-state index contributed by atoms with van der Waals surface area (Å²) in [7, 11) is 0. The zero-order valence-corrected chi connectivity index (χ0v) is 32.5. The van der Waals surface area contributed by atoms with Crippen LogP contribution < -0.4 is 25.2 Å². The highest BCUT2D eigenvalue weighted by Gasteiger charge is 2.40. The van der Waals surface area contributed by atoms with E-state index in [1.165, 1.54) is 0 Å². The third-order valence-corrected chi connectivity index (χ3v) is 12.4. The molecule has 0 spiro atoms. The molecule has 0 bridgehead atoms. The molecule has 2 N–H and O–H groups in total. The SMILES string of the molecule is N#Cc1ccc(O[C@H]2CC[C@H](NC(=O)c3ccc(N4CCC(CN5CCN(c6ccc7c(c6)C(=O)C(C6CCC(=O)NC6=O)N=N7)CC5)CC4)nc3)CC2)cc1Cl. The van der Waals surface area contributed by atoms with E-state index in [2.05, 4.69) is 46.6 Å². The Hall–Kier alpha value is -5.39. The zero-order valence-electron chi connectivity index (χ0n) is 31.7. The van der Waals surface area contributed by atoms with Gasteiger partial charge in [-0.25, -0.2) is 4.98 Å². The Labute approximate surface area is 336 Å². The van der Waals surface area contributed by atoms with Gasteiger partial charge in [-0.05, 0) is 93.3 Å². The number of piperazine rings is 1. The number of pyridine rings is 1. The molecular formula is C42H46ClN9O5. The molecule has 5 heterocycles. The molecule has 14 nitrogen and oxygen atoms in total. The maximum atomic E-state index is 13.5. The van der Waals surface area contributed by atoms with E-state index >= 15 is 0 Å². The summed E-state index contributed by atoms with van der Waals surface area (Å²) in [4.78, 5) is 62.4. The van der Waals surface area contributed by atoms with Crippen LogP contribution in [0, 0.1) is 23.2 Å². The minimum absolute atomic E-state index is 0.0392. The number of amides is 3. The molecular weight excluding hydrogens is 746 g/mol. The Morgan fingerprint density at radius 3 is 2.40 bits per heavy atom. The van der Waals surface area contributed by atoms with Gasteiger partial charge in [0.1, 0.15) is 23.7 Å². The molecule has 57 heavy (non-hydrogen) atoms. The second-order valence-electron chi connectivity index (χ2n) is 15.7. The quantitative estimate of drug-likeness (QED) is 0.265. The lowest BCUT2D eigenvalue weighted by atomic mass is 9.85. The van der Waals surface area contributed by atoms with Crippen molar-refractivity contribution in [3.05, 3.63) is 76.4 Å². The predicted octanol–water partition coefficient (Wildman–Crippen LogP) is 5.47. The molecule has 8 rings (SSSR count). The van der Waals surface area contributed by atoms with E-state index in [4.69, 9.17) is 21.6 Å². The lowest BCUT2D eigenvalue weighted by Crippen LogP contribution is -2.49. The van der Waals surface area contributed by atoms with Gasteiger partial charge in [0.2, 0.25) is 11.8 Å². The van der Waals surface area contributed by atoms with E-state index in [9.17, 15) is 19.2 Å². The van der Waals surface area contributed by atoms with Gasteiger partial charge in [0.25, 0.3) is 5.91 Å². The van der Waals surface area contributed by atoms with Crippen molar-refractivity contribution in [3.63, 3.8) is 0 Å². The Kier molecular flexibility index (Phi) is 11.5. The van der Waals surface area contributed by atoms with E-state index < -0.39 is 17.9 Å². The monoisotopic (exact) mass is 791 g/mol.